The number of aryl methyl sites for hydroxylation is 1. The lowest BCUT2D eigenvalue weighted by molar-refractivity contribution is -0.384. The van der Waals surface area contributed by atoms with Crippen molar-refractivity contribution < 1.29 is 24.0 Å². The number of halogens is 1. The first-order valence-electron chi connectivity index (χ1n) is 12.4. The molecule has 0 saturated carbocycles. The van der Waals surface area contributed by atoms with Gasteiger partial charge in [0.25, 0.3) is 17.5 Å². The summed E-state index contributed by atoms with van der Waals surface area (Å²) in [5.41, 5.74) is 5.15. The number of anilines is 1. The zero-order valence-electron chi connectivity index (χ0n) is 22.1. The minimum atomic E-state index is -0.730. The van der Waals surface area contributed by atoms with Crippen molar-refractivity contribution in [1.29, 1.82) is 0 Å². The average Bonchev–Trinajstić information content (AvgIpc) is 2.98. The largest absolute Gasteiger partial charge is 0.423 e. The molecule has 0 heterocycles. The number of non-ortho nitro benzene ring substituents is 1. The van der Waals surface area contributed by atoms with E-state index in [2.05, 4.69) is 15.8 Å². The fourth-order valence-electron chi connectivity index (χ4n) is 3.56. The number of hydrogen-bond donors (Lipinski definition) is 2. The van der Waals surface area contributed by atoms with E-state index in [1.165, 1.54) is 36.4 Å². The van der Waals surface area contributed by atoms with Crippen LogP contribution in [-0.4, -0.2) is 28.9 Å². The van der Waals surface area contributed by atoms with Crippen molar-refractivity contribution in [2.75, 3.05) is 5.32 Å². The van der Waals surface area contributed by atoms with Gasteiger partial charge in [-0.2, -0.15) is 5.10 Å². The first-order chi connectivity index (χ1) is 20.2. The van der Waals surface area contributed by atoms with E-state index in [1.54, 1.807) is 48.5 Å². The lowest BCUT2D eigenvalue weighted by atomic mass is 10.1. The second kappa shape index (κ2) is 13.6. The molecule has 2 N–H and O–H groups in total. The highest BCUT2D eigenvalue weighted by Crippen LogP contribution is 2.23. The highest BCUT2D eigenvalue weighted by atomic mass is 35.5. The van der Waals surface area contributed by atoms with Gasteiger partial charge in [0, 0.05) is 45.6 Å². The van der Waals surface area contributed by atoms with Gasteiger partial charge in [-0.1, -0.05) is 41.4 Å². The van der Waals surface area contributed by atoms with Gasteiger partial charge in [-0.05, 0) is 73.2 Å². The molecule has 0 aliphatic heterocycles. The minimum absolute atomic E-state index is 0.00183. The summed E-state index contributed by atoms with van der Waals surface area (Å²) in [6.07, 6.45) is 3.85. The van der Waals surface area contributed by atoms with Crippen LogP contribution >= 0.6 is 11.6 Å². The van der Waals surface area contributed by atoms with Crippen molar-refractivity contribution in [3.05, 3.63) is 140 Å². The number of nitrogens with one attached hydrogen (secondary N) is 2. The van der Waals surface area contributed by atoms with Gasteiger partial charge < -0.3 is 10.1 Å². The Balaban J connectivity index is 1.40. The second-order valence-corrected chi connectivity index (χ2v) is 9.32. The molecule has 10 nitrogen and oxygen atoms in total. The molecular weight excluding hydrogens is 560 g/mol. The van der Waals surface area contributed by atoms with Crippen LogP contribution < -0.4 is 15.5 Å². The number of carbonyl (C=O) groups excluding carboxylic acids is 3. The summed E-state index contributed by atoms with van der Waals surface area (Å²) in [6.45, 7) is 1.93. The summed E-state index contributed by atoms with van der Waals surface area (Å²) in [6, 6.07) is 23.6. The maximum Gasteiger partial charge on any atom is 0.336 e. The first-order valence-corrected chi connectivity index (χ1v) is 12.8. The zero-order valence-corrected chi connectivity index (χ0v) is 22.9. The normalized spacial score (nSPS) is 10.9. The molecule has 11 heteroatoms. The molecule has 42 heavy (non-hydrogen) atoms. The summed E-state index contributed by atoms with van der Waals surface area (Å²) in [4.78, 5) is 48.0. The molecule has 0 bridgehead atoms. The highest BCUT2D eigenvalue weighted by Gasteiger charge is 2.13. The maximum absolute atomic E-state index is 12.6. The summed E-state index contributed by atoms with van der Waals surface area (Å²) < 4.78 is 5.34. The molecule has 4 rings (SSSR count). The predicted octanol–water partition coefficient (Wildman–Crippen LogP) is 6.19. The summed E-state index contributed by atoms with van der Waals surface area (Å²) in [5, 5.41) is 18.4. The van der Waals surface area contributed by atoms with Crippen molar-refractivity contribution in [2.24, 2.45) is 5.10 Å². The fourth-order valence-corrected chi connectivity index (χ4v) is 3.69. The Bertz CT molecular complexity index is 1680. The molecule has 4 aromatic rings. The molecule has 0 aliphatic carbocycles. The van der Waals surface area contributed by atoms with Crippen LogP contribution in [0, 0.1) is 17.0 Å². The average molecular weight is 583 g/mol. The molecule has 0 spiro atoms. The van der Waals surface area contributed by atoms with Gasteiger partial charge in [0.15, 0.2) is 0 Å². The molecule has 210 valence electrons. The number of hydrogen-bond acceptors (Lipinski definition) is 7. The van der Waals surface area contributed by atoms with Crippen LogP contribution in [0.25, 0.3) is 6.08 Å². The van der Waals surface area contributed by atoms with Gasteiger partial charge in [-0.15, -0.1) is 0 Å². The first kappa shape index (κ1) is 29.4. The summed E-state index contributed by atoms with van der Waals surface area (Å²) in [7, 11) is 0. The van der Waals surface area contributed by atoms with Crippen LogP contribution in [0.2, 0.25) is 5.02 Å². The molecule has 2 amide bonds. The third-order valence-electron chi connectivity index (χ3n) is 5.79. The van der Waals surface area contributed by atoms with Crippen LogP contribution in [0.1, 0.15) is 37.4 Å². The maximum atomic E-state index is 12.6. The number of nitrogens with zero attached hydrogens (tertiary/aromatic N) is 2. The monoisotopic (exact) mass is 582 g/mol. The number of hydrazone groups is 1. The van der Waals surface area contributed by atoms with Crippen molar-refractivity contribution in [2.45, 2.75) is 6.92 Å². The van der Waals surface area contributed by atoms with Crippen molar-refractivity contribution in [1.82, 2.24) is 5.43 Å². The lowest BCUT2D eigenvalue weighted by Crippen LogP contribution is -2.18. The molecule has 0 aliphatic rings. The molecule has 0 saturated heterocycles. The van der Waals surface area contributed by atoms with Crippen LogP contribution in [0.5, 0.6) is 5.75 Å². The number of carbonyl (C=O) groups is 3. The number of nitro groups is 1. The Kier molecular flexibility index (Phi) is 9.54. The molecule has 0 atom stereocenters. The smallest absolute Gasteiger partial charge is 0.336 e. The molecule has 0 aromatic heterocycles. The van der Waals surface area contributed by atoms with Crippen molar-refractivity contribution >= 4 is 53.0 Å². The number of ether oxygens (including phenoxy) is 1. The van der Waals surface area contributed by atoms with Crippen molar-refractivity contribution in [3.8, 4) is 5.75 Å². The fraction of sp³-hybridized carbons (Fsp3) is 0.0323. The highest BCUT2D eigenvalue weighted by molar-refractivity contribution is 6.30. The van der Waals surface area contributed by atoms with Crippen LogP contribution in [0.15, 0.2) is 102 Å². The number of amides is 2. The van der Waals surface area contributed by atoms with E-state index < -0.39 is 16.8 Å². The number of benzene rings is 4. The molecule has 0 fully saturated rings. The number of rotatable bonds is 9. The van der Waals surface area contributed by atoms with Crippen LogP contribution in [0.4, 0.5) is 11.4 Å². The van der Waals surface area contributed by atoms with Gasteiger partial charge in [0.2, 0.25) is 0 Å². The van der Waals surface area contributed by atoms with Crippen molar-refractivity contribution in [3.63, 3.8) is 0 Å². The van der Waals surface area contributed by atoms with E-state index >= 15 is 0 Å². The SMILES string of the molecule is Cc1ccc(C(=O)Nc2ccc(C(=O)N/N=C/c3cc([N+](=O)[O-])ccc3OC(=O)/C=C/c3ccc(Cl)cc3)cc2)cc1. The van der Waals surface area contributed by atoms with Gasteiger partial charge in [-0.3, -0.25) is 19.7 Å². The Labute approximate surface area is 245 Å². The quantitative estimate of drug-likeness (QED) is 0.0602. The van der Waals surface area contributed by atoms with Crippen LogP contribution in [0.3, 0.4) is 0 Å². The van der Waals surface area contributed by atoms with E-state index in [-0.39, 0.29) is 28.5 Å². The predicted molar refractivity (Wildman–Crippen MR) is 160 cm³/mol. The van der Waals surface area contributed by atoms with E-state index in [0.717, 1.165) is 17.8 Å². The number of nitro benzene ring substituents is 1. The molecule has 0 radical (unpaired) electrons. The minimum Gasteiger partial charge on any atom is -0.423 e. The Morgan fingerprint density at radius 2 is 1.52 bits per heavy atom. The van der Waals surface area contributed by atoms with Gasteiger partial charge >= 0.3 is 5.97 Å². The third-order valence-corrected chi connectivity index (χ3v) is 6.04. The standard InChI is InChI=1S/C31H23ClN4O6/c1-20-2-7-22(8-3-20)30(38)34-26-13-9-23(10-14-26)31(39)35-33-19-24-18-27(36(40)41)15-16-28(24)42-29(37)17-6-21-4-11-25(32)12-5-21/h2-19H,1H3,(H,34,38)(H,35,39)/b17-6+,33-19+. The Morgan fingerprint density at radius 3 is 2.19 bits per heavy atom. The second-order valence-electron chi connectivity index (χ2n) is 8.88. The van der Waals surface area contributed by atoms with Gasteiger partial charge in [0.1, 0.15) is 5.75 Å². The molecular formula is C31H23ClN4O6. The topological polar surface area (TPSA) is 140 Å². The summed E-state index contributed by atoms with van der Waals surface area (Å²) in [5.74, 6) is -1.59. The Morgan fingerprint density at radius 1 is 0.881 bits per heavy atom. The van der Waals surface area contributed by atoms with Crippen LogP contribution in [-0.2, 0) is 4.79 Å². The number of esters is 1. The Hall–Kier alpha value is -5.61. The molecule has 4 aromatic carbocycles. The van der Waals surface area contributed by atoms with Gasteiger partial charge in [0.05, 0.1) is 11.1 Å². The van der Waals surface area contributed by atoms with Gasteiger partial charge in [-0.25, -0.2) is 10.2 Å². The third kappa shape index (κ3) is 8.20. The van der Waals surface area contributed by atoms with E-state index in [1.807, 2.05) is 19.1 Å². The van der Waals surface area contributed by atoms with E-state index in [4.69, 9.17) is 16.3 Å². The van der Waals surface area contributed by atoms with E-state index in [0.29, 0.717) is 21.8 Å². The summed E-state index contributed by atoms with van der Waals surface area (Å²) >= 11 is 5.86. The lowest BCUT2D eigenvalue weighted by Gasteiger charge is -2.07. The zero-order chi connectivity index (χ0) is 30.1. The van der Waals surface area contributed by atoms with E-state index in [9.17, 15) is 24.5 Å². The molecule has 0 unspecified atom stereocenters.